The van der Waals surface area contributed by atoms with Crippen LogP contribution in [0, 0.1) is 0 Å². The summed E-state index contributed by atoms with van der Waals surface area (Å²) in [5.41, 5.74) is 3.05. The molecule has 3 rings (SSSR count). The molecule has 19 heavy (non-hydrogen) atoms. The first-order valence-corrected chi connectivity index (χ1v) is 7.82. The smallest absolute Gasteiger partial charge is 0.120 e. The number of likely N-dealkylation sites (N-methyl/N-ethyl adjacent to an activating group) is 1. The maximum Gasteiger partial charge on any atom is 0.120 e. The van der Waals surface area contributed by atoms with Crippen molar-refractivity contribution in [2.75, 3.05) is 7.05 Å². The third-order valence-electron chi connectivity index (χ3n) is 4.68. The van der Waals surface area contributed by atoms with Crippen LogP contribution in [-0.2, 0) is 12.8 Å². The van der Waals surface area contributed by atoms with Gasteiger partial charge >= 0.3 is 0 Å². The van der Waals surface area contributed by atoms with E-state index in [1.807, 2.05) is 0 Å². The number of benzene rings is 1. The lowest BCUT2D eigenvalue weighted by molar-refractivity contribution is 0.118. The molecule has 2 nitrogen and oxygen atoms in total. The topological polar surface area (TPSA) is 21.3 Å². The molecule has 0 bridgehead atoms. The van der Waals surface area contributed by atoms with Gasteiger partial charge in [-0.15, -0.1) is 0 Å². The molecule has 2 aliphatic rings. The van der Waals surface area contributed by atoms with Crippen molar-refractivity contribution in [3.63, 3.8) is 0 Å². The lowest BCUT2D eigenvalue weighted by atomic mass is 9.91. The van der Waals surface area contributed by atoms with Crippen LogP contribution in [0.25, 0.3) is 0 Å². The number of aryl methyl sites for hydroxylation is 2. The van der Waals surface area contributed by atoms with Crippen molar-refractivity contribution in [3.05, 3.63) is 29.3 Å². The van der Waals surface area contributed by atoms with Crippen molar-refractivity contribution < 1.29 is 4.74 Å². The van der Waals surface area contributed by atoms with Crippen LogP contribution in [0.3, 0.4) is 0 Å². The van der Waals surface area contributed by atoms with Gasteiger partial charge in [-0.2, -0.15) is 0 Å². The predicted octanol–water partition coefficient (Wildman–Crippen LogP) is 3.47. The summed E-state index contributed by atoms with van der Waals surface area (Å²) in [4.78, 5) is 0. The average molecular weight is 259 g/mol. The molecule has 2 aliphatic carbocycles. The second kappa shape index (κ2) is 5.96. The third-order valence-corrected chi connectivity index (χ3v) is 4.68. The molecular formula is C17H25NO. The summed E-state index contributed by atoms with van der Waals surface area (Å²) in [7, 11) is 2.05. The monoisotopic (exact) mass is 259 g/mol. The Hall–Kier alpha value is -1.02. The van der Waals surface area contributed by atoms with Gasteiger partial charge in [0.1, 0.15) is 11.9 Å². The number of rotatable bonds is 3. The molecule has 1 fully saturated rings. The van der Waals surface area contributed by atoms with E-state index in [-0.39, 0.29) is 0 Å². The van der Waals surface area contributed by atoms with E-state index < -0.39 is 0 Å². The number of hydrogen-bond acceptors (Lipinski definition) is 2. The number of ether oxygens (including phenoxy) is 1. The third kappa shape index (κ3) is 2.94. The Balaban J connectivity index is 1.71. The SMILES string of the molecule is CNC1CCCCC1Oc1ccc2c(c1)CCCC2. The molecule has 1 saturated carbocycles. The fourth-order valence-electron chi connectivity index (χ4n) is 3.53. The maximum atomic E-state index is 6.26. The Morgan fingerprint density at radius 1 is 1.00 bits per heavy atom. The zero-order chi connectivity index (χ0) is 13.1. The van der Waals surface area contributed by atoms with E-state index in [0.717, 1.165) is 5.75 Å². The molecule has 2 unspecified atom stereocenters. The second-order valence-electron chi connectivity index (χ2n) is 5.97. The van der Waals surface area contributed by atoms with Crippen LogP contribution >= 0.6 is 0 Å². The van der Waals surface area contributed by atoms with Gasteiger partial charge in [0, 0.05) is 6.04 Å². The van der Waals surface area contributed by atoms with Gasteiger partial charge in [0.25, 0.3) is 0 Å². The van der Waals surface area contributed by atoms with Crippen molar-refractivity contribution in [2.45, 2.75) is 63.5 Å². The molecule has 0 amide bonds. The highest BCUT2D eigenvalue weighted by atomic mass is 16.5. The molecule has 0 aliphatic heterocycles. The minimum Gasteiger partial charge on any atom is -0.489 e. The first-order chi connectivity index (χ1) is 9.36. The normalized spacial score (nSPS) is 26.8. The van der Waals surface area contributed by atoms with Crippen LogP contribution in [0.4, 0.5) is 0 Å². The van der Waals surface area contributed by atoms with Gasteiger partial charge < -0.3 is 10.1 Å². The van der Waals surface area contributed by atoms with Crippen LogP contribution in [0.2, 0.25) is 0 Å². The minimum absolute atomic E-state index is 0.348. The lowest BCUT2D eigenvalue weighted by Gasteiger charge is -2.32. The van der Waals surface area contributed by atoms with Crippen molar-refractivity contribution in [2.24, 2.45) is 0 Å². The van der Waals surface area contributed by atoms with Crippen LogP contribution in [0.1, 0.15) is 49.7 Å². The first kappa shape index (κ1) is 13.0. The summed E-state index contributed by atoms with van der Waals surface area (Å²) in [6, 6.07) is 7.26. The van der Waals surface area contributed by atoms with E-state index in [4.69, 9.17) is 4.74 Å². The molecule has 0 aromatic heterocycles. The predicted molar refractivity (Wildman–Crippen MR) is 78.8 cm³/mol. The van der Waals surface area contributed by atoms with E-state index >= 15 is 0 Å². The quantitative estimate of drug-likeness (QED) is 0.897. The van der Waals surface area contributed by atoms with E-state index in [1.54, 1.807) is 0 Å². The highest BCUT2D eigenvalue weighted by Gasteiger charge is 2.25. The summed E-state index contributed by atoms with van der Waals surface area (Å²) in [6.45, 7) is 0. The summed E-state index contributed by atoms with van der Waals surface area (Å²) in [5, 5.41) is 3.41. The van der Waals surface area contributed by atoms with Crippen molar-refractivity contribution in [1.29, 1.82) is 0 Å². The molecule has 0 spiro atoms. The van der Waals surface area contributed by atoms with E-state index in [0.29, 0.717) is 12.1 Å². The Kier molecular flexibility index (Phi) is 4.07. The molecule has 0 radical (unpaired) electrons. The highest BCUT2D eigenvalue weighted by Crippen LogP contribution is 2.28. The second-order valence-corrected chi connectivity index (χ2v) is 5.97. The minimum atomic E-state index is 0.348. The molecule has 2 heteroatoms. The van der Waals surface area contributed by atoms with Gasteiger partial charge in [-0.05, 0) is 75.3 Å². The fourth-order valence-corrected chi connectivity index (χ4v) is 3.53. The van der Waals surface area contributed by atoms with Crippen LogP contribution in [0.15, 0.2) is 18.2 Å². The first-order valence-electron chi connectivity index (χ1n) is 7.82. The van der Waals surface area contributed by atoms with Crippen LogP contribution < -0.4 is 10.1 Å². The Morgan fingerprint density at radius 2 is 1.79 bits per heavy atom. The van der Waals surface area contributed by atoms with Gasteiger partial charge in [-0.25, -0.2) is 0 Å². The summed E-state index contributed by atoms with van der Waals surface area (Å²) < 4.78 is 6.26. The van der Waals surface area contributed by atoms with Crippen LogP contribution in [0.5, 0.6) is 5.75 Å². The molecule has 0 heterocycles. The van der Waals surface area contributed by atoms with E-state index in [9.17, 15) is 0 Å². The van der Waals surface area contributed by atoms with Crippen LogP contribution in [-0.4, -0.2) is 19.2 Å². The maximum absolute atomic E-state index is 6.26. The van der Waals surface area contributed by atoms with Crippen molar-refractivity contribution >= 4 is 0 Å². The van der Waals surface area contributed by atoms with Gasteiger partial charge in [-0.1, -0.05) is 12.5 Å². The number of nitrogens with one attached hydrogen (secondary N) is 1. The van der Waals surface area contributed by atoms with E-state index in [2.05, 4.69) is 30.6 Å². The fraction of sp³-hybridized carbons (Fsp3) is 0.647. The van der Waals surface area contributed by atoms with Crippen molar-refractivity contribution in [1.82, 2.24) is 5.32 Å². The Morgan fingerprint density at radius 3 is 2.63 bits per heavy atom. The van der Waals surface area contributed by atoms with E-state index in [1.165, 1.54) is 62.5 Å². The lowest BCUT2D eigenvalue weighted by Crippen LogP contribution is -2.43. The molecule has 1 N–H and O–H groups in total. The molecule has 1 aromatic rings. The number of hydrogen-bond donors (Lipinski definition) is 1. The molecular weight excluding hydrogens is 234 g/mol. The van der Waals surface area contributed by atoms with Gasteiger partial charge in [-0.3, -0.25) is 0 Å². The Labute approximate surface area is 116 Å². The number of fused-ring (bicyclic) bond motifs is 1. The molecule has 0 saturated heterocycles. The summed E-state index contributed by atoms with van der Waals surface area (Å²) in [6.07, 6.45) is 10.6. The van der Waals surface area contributed by atoms with Gasteiger partial charge in [0.15, 0.2) is 0 Å². The van der Waals surface area contributed by atoms with Gasteiger partial charge in [0.2, 0.25) is 0 Å². The standard InChI is InChI=1S/C17H25NO/c1-18-16-8-4-5-9-17(16)19-15-11-10-13-6-2-3-7-14(13)12-15/h10-12,16-18H,2-9H2,1H3. The highest BCUT2D eigenvalue weighted by molar-refractivity contribution is 5.37. The Bertz CT molecular complexity index is 429. The average Bonchev–Trinajstić information content (AvgIpc) is 2.48. The summed E-state index contributed by atoms with van der Waals surface area (Å²) >= 11 is 0. The molecule has 104 valence electrons. The zero-order valence-corrected chi connectivity index (χ0v) is 12.0. The van der Waals surface area contributed by atoms with Crippen molar-refractivity contribution in [3.8, 4) is 5.75 Å². The molecule has 2 atom stereocenters. The van der Waals surface area contributed by atoms with Gasteiger partial charge in [0.05, 0.1) is 0 Å². The largest absolute Gasteiger partial charge is 0.489 e. The summed E-state index contributed by atoms with van der Waals surface area (Å²) in [5.74, 6) is 1.08. The molecule has 1 aromatic carbocycles. The zero-order valence-electron chi connectivity index (χ0n) is 12.0.